The first-order valence-electron chi connectivity index (χ1n) is 10.3. The van der Waals surface area contributed by atoms with Crippen molar-refractivity contribution in [1.82, 2.24) is 19.7 Å². The molecule has 0 aliphatic carbocycles. The average molecular weight is 417 g/mol. The molecule has 2 heterocycles. The van der Waals surface area contributed by atoms with E-state index in [-0.39, 0.29) is 17.8 Å². The van der Waals surface area contributed by atoms with Gasteiger partial charge in [0.05, 0.1) is 11.4 Å². The zero-order valence-corrected chi connectivity index (χ0v) is 17.6. The summed E-state index contributed by atoms with van der Waals surface area (Å²) < 4.78 is 16.9. The predicted molar refractivity (Wildman–Crippen MR) is 120 cm³/mol. The zero-order chi connectivity index (χ0) is 21.8. The first kappa shape index (κ1) is 20.6. The number of rotatable bonds is 7. The lowest BCUT2D eigenvalue weighted by Crippen LogP contribution is -2.34. The summed E-state index contributed by atoms with van der Waals surface area (Å²) >= 11 is 0. The fourth-order valence-electron chi connectivity index (χ4n) is 3.57. The molecule has 5 nitrogen and oxygen atoms in total. The normalized spacial score (nSPS) is 12.0. The lowest BCUT2D eigenvalue weighted by Gasteiger charge is -2.14. The maximum Gasteiger partial charge on any atom is 0.270 e. The summed E-state index contributed by atoms with van der Waals surface area (Å²) in [7, 11) is 1.93. The maximum atomic E-state index is 13.4. The third-order valence-corrected chi connectivity index (χ3v) is 5.31. The fraction of sp³-hybridized carbons (Fsp3) is 0.200. The van der Waals surface area contributed by atoms with Crippen molar-refractivity contribution in [3.05, 3.63) is 96.1 Å². The number of aromatic nitrogens is 3. The Kier molecular flexibility index (Phi) is 5.98. The van der Waals surface area contributed by atoms with E-state index in [0.29, 0.717) is 17.1 Å². The van der Waals surface area contributed by atoms with Gasteiger partial charge in [0, 0.05) is 19.3 Å². The van der Waals surface area contributed by atoms with Gasteiger partial charge in [-0.05, 0) is 67.8 Å². The molecule has 1 unspecified atom stereocenters. The zero-order valence-electron chi connectivity index (χ0n) is 17.6. The SMILES string of the molecule is CC(CCc1ccccc1)NC(=O)c1cc(-c2cccn2C)nn1-c1ccc(F)cc1. The van der Waals surface area contributed by atoms with Crippen LogP contribution in [-0.2, 0) is 13.5 Å². The Morgan fingerprint density at radius 1 is 1.06 bits per heavy atom. The van der Waals surface area contributed by atoms with E-state index in [2.05, 4.69) is 22.5 Å². The molecular formula is C25H25FN4O. The van der Waals surface area contributed by atoms with E-state index in [1.165, 1.54) is 17.7 Å². The lowest BCUT2D eigenvalue weighted by atomic mass is 10.1. The monoisotopic (exact) mass is 416 g/mol. The first-order chi connectivity index (χ1) is 15.0. The molecule has 0 aliphatic heterocycles. The van der Waals surface area contributed by atoms with Crippen LogP contribution < -0.4 is 5.32 Å². The molecule has 0 aliphatic rings. The molecule has 158 valence electrons. The number of nitrogens with one attached hydrogen (secondary N) is 1. The Balaban J connectivity index is 1.58. The van der Waals surface area contributed by atoms with Gasteiger partial charge in [0.2, 0.25) is 0 Å². The summed E-state index contributed by atoms with van der Waals surface area (Å²) in [6.07, 6.45) is 3.64. The Hall–Kier alpha value is -3.67. The van der Waals surface area contributed by atoms with E-state index in [1.54, 1.807) is 22.9 Å². The van der Waals surface area contributed by atoms with Gasteiger partial charge in [-0.1, -0.05) is 30.3 Å². The van der Waals surface area contributed by atoms with Crippen LogP contribution in [0.3, 0.4) is 0 Å². The molecule has 0 saturated heterocycles. The van der Waals surface area contributed by atoms with Gasteiger partial charge in [-0.2, -0.15) is 5.10 Å². The molecule has 0 saturated carbocycles. The Morgan fingerprint density at radius 3 is 2.48 bits per heavy atom. The number of amides is 1. The van der Waals surface area contributed by atoms with E-state index in [9.17, 15) is 9.18 Å². The summed E-state index contributed by atoms with van der Waals surface area (Å²) in [5, 5.41) is 7.73. The van der Waals surface area contributed by atoms with Crippen molar-refractivity contribution in [2.45, 2.75) is 25.8 Å². The molecule has 2 aromatic heterocycles. The molecule has 2 aromatic carbocycles. The molecule has 4 rings (SSSR count). The number of nitrogens with zero attached hydrogens (tertiary/aromatic N) is 3. The quantitative estimate of drug-likeness (QED) is 0.472. The molecule has 0 spiro atoms. The Labute approximate surface area is 181 Å². The van der Waals surface area contributed by atoms with Crippen LogP contribution in [-0.4, -0.2) is 26.3 Å². The van der Waals surface area contributed by atoms with Crippen molar-refractivity contribution in [2.24, 2.45) is 7.05 Å². The van der Waals surface area contributed by atoms with Crippen molar-refractivity contribution < 1.29 is 9.18 Å². The second-order valence-electron chi connectivity index (χ2n) is 7.71. The van der Waals surface area contributed by atoms with Crippen molar-refractivity contribution in [3.8, 4) is 17.1 Å². The molecular weight excluding hydrogens is 391 g/mol. The van der Waals surface area contributed by atoms with Crippen LogP contribution in [0, 0.1) is 5.82 Å². The molecule has 6 heteroatoms. The van der Waals surface area contributed by atoms with Gasteiger partial charge in [-0.3, -0.25) is 4.79 Å². The first-order valence-corrected chi connectivity index (χ1v) is 10.3. The van der Waals surface area contributed by atoms with E-state index in [0.717, 1.165) is 18.5 Å². The summed E-state index contributed by atoms with van der Waals surface area (Å²) in [5.74, 6) is -0.544. The highest BCUT2D eigenvalue weighted by Crippen LogP contribution is 2.22. The molecule has 0 bridgehead atoms. The fourth-order valence-corrected chi connectivity index (χ4v) is 3.57. The van der Waals surface area contributed by atoms with E-state index in [1.807, 2.05) is 55.1 Å². The molecule has 1 atom stereocenters. The van der Waals surface area contributed by atoms with Crippen LogP contribution in [0.25, 0.3) is 17.1 Å². The Bertz CT molecular complexity index is 1160. The Morgan fingerprint density at radius 2 is 1.81 bits per heavy atom. The molecule has 0 radical (unpaired) electrons. The third kappa shape index (κ3) is 4.74. The molecule has 31 heavy (non-hydrogen) atoms. The number of carbonyl (C=O) groups is 1. The predicted octanol–water partition coefficient (Wildman–Crippen LogP) is 4.77. The third-order valence-electron chi connectivity index (χ3n) is 5.31. The smallest absolute Gasteiger partial charge is 0.270 e. The molecule has 1 N–H and O–H groups in total. The number of carbonyl (C=O) groups excluding carboxylic acids is 1. The minimum atomic E-state index is -0.334. The highest BCUT2D eigenvalue weighted by atomic mass is 19.1. The van der Waals surface area contributed by atoms with E-state index < -0.39 is 0 Å². The molecule has 1 amide bonds. The minimum Gasteiger partial charge on any atom is -0.349 e. The van der Waals surface area contributed by atoms with Gasteiger partial charge >= 0.3 is 0 Å². The van der Waals surface area contributed by atoms with Crippen LogP contribution in [0.1, 0.15) is 29.4 Å². The van der Waals surface area contributed by atoms with E-state index in [4.69, 9.17) is 0 Å². The van der Waals surface area contributed by atoms with Gasteiger partial charge in [0.1, 0.15) is 17.2 Å². The van der Waals surface area contributed by atoms with Crippen LogP contribution >= 0.6 is 0 Å². The summed E-state index contributed by atoms with van der Waals surface area (Å²) in [4.78, 5) is 13.1. The second-order valence-corrected chi connectivity index (χ2v) is 7.71. The minimum absolute atomic E-state index is 0.0113. The summed E-state index contributed by atoms with van der Waals surface area (Å²) in [5.41, 5.74) is 3.86. The highest BCUT2D eigenvalue weighted by Gasteiger charge is 2.20. The lowest BCUT2D eigenvalue weighted by molar-refractivity contribution is 0.0930. The van der Waals surface area contributed by atoms with Gasteiger partial charge in [0.15, 0.2) is 0 Å². The maximum absolute atomic E-state index is 13.4. The van der Waals surface area contributed by atoms with Gasteiger partial charge in [-0.15, -0.1) is 0 Å². The molecule has 0 fully saturated rings. The average Bonchev–Trinajstić information content (AvgIpc) is 3.40. The second kappa shape index (κ2) is 9.00. The van der Waals surface area contributed by atoms with Crippen LogP contribution in [0.2, 0.25) is 0 Å². The number of halogens is 1. The number of hydrogen-bond acceptors (Lipinski definition) is 2. The number of hydrogen-bond donors (Lipinski definition) is 1. The van der Waals surface area contributed by atoms with Crippen LogP contribution in [0.4, 0.5) is 4.39 Å². The van der Waals surface area contributed by atoms with Crippen LogP contribution in [0.5, 0.6) is 0 Å². The van der Waals surface area contributed by atoms with Crippen molar-refractivity contribution in [1.29, 1.82) is 0 Å². The molecule has 4 aromatic rings. The van der Waals surface area contributed by atoms with Gasteiger partial charge in [-0.25, -0.2) is 9.07 Å². The van der Waals surface area contributed by atoms with Crippen molar-refractivity contribution in [2.75, 3.05) is 0 Å². The van der Waals surface area contributed by atoms with Crippen molar-refractivity contribution >= 4 is 5.91 Å². The van der Waals surface area contributed by atoms with E-state index >= 15 is 0 Å². The highest BCUT2D eigenvalue weighted by molar-refractivity contribution is 5.94. The standard InChI is InChI=1S/C25H25FN4O/c1-18(10-11-19-7-4-3-5-8-19)27-25(31)24-17-22(23-9-6-16-29(23)2)28-30(24)21-14-12-20(26)13-15-21/h3-9,12-18H,10-11H2,1-2H3,(H,27,31). The summed E-state index contributed by atoms with van der Waals surface area (Å²) in [6, 6.07) is 21.8. The largest absolute Gasteiger partial charge is 0.349 e. The number of aryl methyl sites for hydroxylation is 2. The van der Waals surface area contributed by atoms with Crippen LogP contribution in [0.15, 0.2) is 79.0 Å². The van der Waals surface area contributed by atoms with Gasteiger partial charge in [0.25, 0.3) is 5.91 Å². The number of benzene rings is 2. The summed E-state index contributed by atoms with van der Waals surface area (Å²) in [6.45, 7) is 2.00. The topological polar surface area (TPSA) is 51.9 Å². The van der Waals surface area contributed by atoms with Gasteiger partial charge < -0.3 is 9.88 Å². The van der Waals surface area contributed by atoms with Crippen molar-refractivity contribution in [3.63, 3.8) is 0 Å².